The first-order valence-corrected chi connectivity index (χ1v) is 14.7. The Morgan fingerprint density at radius 2 is 0.722 bits per heavy atom. The molecule has 0 aromatic heterocycles. The molecule has 6 heteroatoms. The van der Waals surface area contributed by atoms with Crippen LogP contribution in [0.2, 0.25) is 0 Å². The van der Waals surface area contributed by atoms with Crippen molar-refractivity contribution < 1.29 is 9.85 Å². The molecule has 36 heavy (non-hydrogen) atoms. The second-order valence-corrected chi connectivity index (χ2v) is 10.6. The van der Waals surface area contributed by atoms with Crippen molar-refractivity contribution in [3.63, 3.8) is 0 Å². The van der Waals surface area contributed by atoms with Crippen LogP contribution in [0.15, 0.2) is 0 Å². The van der Waals surface area contributed by atoms with Crippen LogP contribution >= 0.6 is 0 Å². The quantitative estimate of drug-likeness (QED) is 0.132. The minimum absolute atomic E-state index is 0.175. The fourth-order valence-electron chi connectivity index (χ4n) is 5.23. The molecular formula is C30H52N2O4. The molecule has 1 aromatic rings. The van der Waals surface area contributed by atoms with Crippen LogP contribution in [0, 0.1) is 20.2 Å². The van der Waals surface area contributed by atoms with E-state index in [1.54, 1.807) is 13.8 Å². The van der Waals surface area contributed by atoms with Crippen molar-refractivity contribution in [1.82, 2.24) is 0 Å². The Morgan fingerprint density at radius 1 is 0.500 bits per heavy atom. The van der Waals surface area contributed by atoms with Gasteiger partial charge in [-0.25, -0.2) is 0 Å². The van der Waals surface area contributed by atoms with Crippen molar-refractivity contribution in [3.05, 3.63) is 53.6 Å². The molecule has 0 saturated heterocycles. The van der Waals surface area contributed by atoms with E-state index < -0.39 is 12.1 Å². The number of hydrogen-bond donors (Lipinski definition) is 0. The van der Waals surface area contributed by atoms with Crippen LogP contribution in [0.3, 0.4) is 0 Å². The lowest BCUT2D eigenvalue weighted by Gasteiger charge is -2.28. The third kappa shape index (κ3) is 9.82. The number of unbranched alkanes of at least 4 members (excludes halogenated alkanes) is 4. The Morgan fingerprint density at radius 3 is 0.917 bits per heavy atom. The van der Waals surface area contributed by atoms with E-state index in [1.807, 2.05) is 0 Å². The van der Waals surface area contributed by atoms with E-state index in [0.717, 1.165) is 77.0 Å². The maximum Gasteiger partial charge on any atom is 0.210 e. The highest BCUT2D eigenvalue weighted by atomic mass is 16.6. The summed E-state index contributed by atoms with van der Waals surface area (Å²) in [5.41, 5.74) is 8.47. The van der Waals surface area contributed by atoms with Gasteiger partial charge in [0, 0.05) is 36.5 Å². The standard InChI is InChI=1S/C30H52N2O4/c1-7-11-15-25-26(16-12-8-2)28(18-14-10-4)30(22-20-24(6)32(35)36)29(27(25)17-13-9-3)21-19-23(5)31(33)34/h23-24H,7-22H2,1-6H3. The SMILES string of the molecule is CCCCc1c(CCCC)c(CCCC)c(CCC(C)[N+](=O)[O-])c(CCC(C)[N+](=O)[O-])c1CCCC. The zero-order valence-electron chi connectivity index (χ0n) is 24.0. The molecule has 2 atom stereocenters. The average Bonchev–Trinajstić information content (AvgIpc) is 2.85. The molecule has 0 aliphatic carbocycles. The number of nitrogens with zero attached hydrogens (tertiary/aromatic N) is 2. The Labute approximate surface area is 219 Å². The highest BCUT2D eigenvalue weighted by Crippen LogP contribution is 2.35. The molecule has 0 aliphatic heterocycles. The van der Waals surface area contributed by atoms with Crippen molar-refractivity contribution in [2.75, 3.05) is 0 Å². The van der Waals surface area contributed by atoms with Gasteiger partial charge in [-0.1, -0.05) is 53.4 Å². The second-order valence-electron chi connectivity index (χ2n) is 10.6. The zero-order chi connectivity index (χ0) is 27.1. The third-order valence-corrected chi connectivity index (χ3v) is 7.65. The molecule has 6 nitrogen and oxygen atoms in total. The van der Waals surface area contributed by atoms with E-state index in [2.05, 4.69) is 27.7 Å². The molecular weight excluding hydrogens is 452 g/mol. The largest absolute Gasteiger partial charge is 0.264 e. The van der Waals surface area contributed by atoms with Gasteiger partial charge in [0.05, 0.1) is 0 Å². The van der Waals surface area contributed by atoms with Crippen molar-refractivity contribution >= 4 is 0 Å². The van der Waals surface area contributed by atoms with Gasteiger partial charge >= 0.3 is 0 Å². The van der Waals surface area contributed by atoms with Gasteiger partial charge in [-0.05, 0) is 97.6 Å². The van der Waals surface area contributed by atoms with Gasteiger partial charge in [-0.15, -0.1) is 0 Å². The number of benzene rings is 1. The van der Waals surface area contributed by atoms with Crippen LogP contribution in [0.25, 0.3) is 0 Å². The van der Waals surface area contributed by atoms with Gasteiger partial charge in [-0.2, -0.15) is 0 Å². The summed E-state index contributed by atoms with van der Waals surface area (Å²) in [5.74, 6) is 0. The van der Waals surface area contributed by atoms with E-state index >= 15 is 0 Å². The molecule has 2 unspecified atom stereocenters. The smallest absolute Gasteiger partial charge is 0.210 e. The first-order valence-electron chi connectivity index (χ1n) is 14.7. The van der Waals surface area contributed by atoms with Gasteiger partial charge in [-0.3, -0.25) is 20.2 Å². The monoisotopic (exact) mass is 504 g/mol. The van der Waals surface area contributed by atoms with Crippen LogP contribution in [0.4, 0.5) is 0 Å². The summed E-state index contributed by atoms with van der Waals surface area (Å²) in [5, 5.41) is 22.9. The van der Waals surface area contributed by atoms with Gasteiger partial charge in [0.15, 0.2) is 0 Å². The highest BCUT2D eigenvalue weighted by Gasteiger charge is 2.25. The maximum absolute atomic E-state index is 11.5. The van der Waals surface area contributed by atoms with Crippen molar-refractivity contribution in [2.24, 2.45) is 0 Å². The summed E-state index contributed by atoms with van der Waals surface area (Å²) in [7, 11) is 0. The van der Waals surface area contributed by atoms with Gasteiger partial charge in [0.2, 0.25) is 12.1 Å². The van der Waals surface area contributed by atoms with Crippen molar-refractivity contribution in [3.8, 4) is 0 Å². The first-order chi connectivity index (χ1) is 17.2. The molecule has 0 aliphatic rings. The van der Waals surface area contributed by atoms with E-state index in [9.17, 15) is 20.2 Å². The molecule has 0 heterocycles. The molecule has 0 saturated carbocycles. The van der Waals surface area contributed by atoms with E-state index in [0.29, 0.717) is 25.7 Å². The Kier molecular flexibility index (Phi) is 15.6. The molecule has 0 radical (unpaired) electrons. The summed E-state index contributed by atoms with van der Waals surface area (Å²) in [6.07, 6.45) is 15.5. The molecule has 1 aromatic carbocycles. The Balaban J connectivity index is 3.88. The number of hydrogen-bond acceptors (Lipinski definition) is 4. The lowest BCUT2D eigenvalue weighted by atomic mass is 9.77. The average molecular weight is 505 g/mol. The van der Waals surface area contributed by atoms with E-state index in [-0.39, 0.29) is 9.85 Å². The molecule has 0 bridgehead atoms. The molecule has 0 amide bonds. The first kappa shape index (κ1) is 32.0. The van der Waals surface area contributed by atoms with Crippen molar-refractivity contribution in [1.29, 1.82) is 0 Å². The van der Waals surface area contributed by atoms with Crippen molar-refractivity contribution in [2.45, 2.75) is 156 Å². The minimum atomic E-state index is -0.590. The second kappa shape index (κ2) is 17.5. The predicted molar refractivity (Wildman–Crippen MR) is 150 cm³/mol. The number of nitro groups is 2. The minimum Gasteiger partial charge on any atom is -0.264 e. The normalized spacial score (nSPS) is 13.1. The van der Waals surface area contributed by atoms with Crippen LogP contribution in [0.1, 0.15) is 139 Å². The molecule has 206 valence electrons. The Hall–Kier alpha value is -1.98. The predicted octanol–water partition coefficient (Wildman–Crippen LogP) is 8.25. The summed E-state index contributed by atoms with van der Waals surface area (Å²) in [6.45, 7) is 12.3. The summed E-state index contributed by atoms with van der Waals surface area (Å²) < 4.78 is 0. The zero-order valence-corrected chi connectivity index (χ0v) is 24.0. The van der Waals surface area contributed by atoms with Crippen LogP contribution in [-0.2, 0) is 38.5 Å². The number of rotatable bonds is 20. The van der Waals surface area contributed by atoms with E-state index in [1.165, 1.54) is 33.4 Å². The van der Waals surface area contributed by atoms with Crippen LogP contribution in [0.5, 0.6) is 0 Å². The van der Waals surface area contributed by atoms with Crippen LogP contribution < -0.4 is 0 Å². The lowest BCUT2D eigenvalue weighted by molar-refractivity contribution is -0.519. The van der Waals surface area contributed by atoms with Gasteiger partial charge in [0.1, 0.15) is 0 Å². The summed E-state index contributed by atoms with van der Waals surface area (Å²) in [6, 6.07) is -1.18. The third-order valence-electron chi connectivity index (χ3n) is 7.65. The highest BCUT2D eigenvalue weighted by molar-refractivity contribution is 5.53. The summed E-state index contributed by atoms with van der Waals surface area (Å²) in [4.78, 5) is 22.6. The fraction of sp³-hybridized carbons (Fsp3) is 0.800. The summed E-state index contributed by atoms with van der Waals surface area (Å²) >= 11 is 0. The van der Waals surface area contributed by atoms with Gasteiger partial charge < -0.3 is 0 Å². The maximum atomic E-state index is 11.5. The lowest BCUT2D eigenvalue weighted by Crippen LogP contribution is -2.21. The molecule has 0 fully saturated rings. The molecule has 1 rings (SSSR count). The Bertz CT molecular complexity index is 755. The molecule has 0 spiro atoms. The van der Waals surface area contributed by atoms with Crippen LogP contribution in [-0.4, -0.2) is 21.9 Å². The topological polar surface area (TPSA) is 86.3 Å². The fourth-order valence-corrected chi connectivity index (χ4v) is 5.23. The van der Waals surface area contributed by atoms with Gasteiger partial charge in [0.25, 0.3) is 0 Å². The van der Waals surface area contributed by atoms with E-state index in [4.69, 9.17) is 0 Å². The molecule has 0 N–H and O–H groups in total.